The van der Waals surface area contributed by atoms with Crippen LogP contribution in [0, 0.1) is 5.41 Å². The summed E-state index contributed by atoms with van der Waals surface area (Å²) in [6.07, 6.45) is 1.65. The first-order valence-electron chi connectivity index (χ1n) is 5.03. The summed E-state index contributed by atoms with van der Waals surface area (Å²) in [7, 11) is 1.35. The van der Waals surface area contributed by atoms with E-state index < -0.39 is 11.5 Å². The number of rotatable bonds is 3. The molecule has 2 rings (SSSR count). The lowest BCUT2D eigenvalue weighted by Gasteiger charge is -2.42. The smallest absolute Gasteiger partial charge is 0.318 e. The van der Waals surface area contributed by atoms with Crippen molar-refractivity contribution in [3.63, 3.8) is 0 Å². The lowest BCUT2D eigenvalue weighted by molar-refractivity contribution is -0.188. The van der Waals surface area contributed by atoms with Crippen molar-refractivity contribution in [2.45, 2.75) is 6.04 Å². The van der Waals surface area contributed by atoms with Crippen LogP contribution in [0.5, 0.6) is 0 Å². The highest BCUT2D eigenvalue weighted by Crippen LogP contribution is 2.39. The second kappa shape index (κ2) is 4.19. The molecule has 0 amide bonds. The van der Waals surface area contributed by atoms with Gasteiger partial charge in [-0.15, -0.1) is 0 Å². The SMILES string of the molecule is COC(=O)C1(C(N)c2ccccn2)COC1. The molecule has 1 unspecified atom stereocenters. The maximum atomic E-state index is 11.7. The van der Waals surface area contributed by atoms with E-state index in [9.17, 15) is 4.79 Å². The van der Waals surface area contributed by atoms with Crippen molar-refractivity contribution in [2.75, 3.05) is 20.3 Å². The molecule has 0 bridgehead atoms. The van der Waals surface area contributed by atoms with Gasteiger partial charge in [-0.05, 0) is 12.1 Å². The average molecular weight is 222 g/mol. The number of pyridine rings is 1. The summed E-state index contributed by atoms with van der Waals surface area (Å²) in [5.74, 6) is -0.336. The van der Waals surface area contributed by atoms with Crippen molar-refractivity contribution >= 4 is 5.97 Å². The summed E-state index contributed by atoms with van der Waals surface area (Å²) in [6, 6.07) is 4.95. The fourth-order valence-electron chi connectivity index (χ4n) is 1.79. The quantitative estimate of drug-likeness (QED) is 0.743. The number of esters is 1. The highest BCUT2D eigenvalue weighted by Gasteiger charge is 2.53. The Morgan fingerprint density at radius 2 is 2.38 bits per heavy atom. The molecular weight excluding hydrogens is 208 g/mol. The number of carbonyl (C=O) groups excluding carboxylic acids is 1. The second-order valence-corrected chi connectivity index (χ2v) is 3.87. The molecule has 5 heteroatoms. The van der Waals surface area contributed by atoms with E-state index in [1.54, 1.807) is 18.3 Å². The topological polar surface area (TPSA) is 74.4 Å². The van der Waals surface area contributed by atoms with Gasteiger partial charge in [-0.2, -0.15) is 0 Å². The minimum absolute atomic E-state index is 0.289. The Kier molecular flexibility index (Phi) is 2.89. The lowest BCUT2D eigenvalue weighted by atomic mass is 9.77. The first-order chi connectivity index (χ1) is 7.70. The molecule has 86 valence electrons. The fourth-order valence-corrected chi connectivity index (χ4v) is 1.79. The molecule has 2 heterocycles. The van der Waals surface area contributed by atoms with Crippen LogP contribution in [0.15, 0.2) is 24.4 Å². The maximum Gasteiger partial charge on any atom is 0.318 e. The molecule has 1 aromatic heterocycles. The van der Waals surface area contributed by atoms with Crippen LogP contribution in [0.3, 0.4) is 0 Å². The van der Waals surface area contributed by atoms with E-state index >= 15 is 0 Å². The van der Waals surface area contributed by atoms with E-state index in [-0.39, 0.29) is 19.2 Å². The molecule has 2 N–H and O–H groups in total. The molecule has 0 aliphatic carbocycles. The van der Waals surface area contributed by atoms with E-state index in [0.717, 1.165) is 0 Å². The molecule has 1 fully saturated rings. The van der Waals surface area contributed by atoms with Crippen LogP contribution in [0.4, 0.5) is 0 Å². The van der Waals surface area contributed by atoms with Gasteiger partial charge in [-0.3, -0.25) is 9.78 Å². The molecule has 0 spiro atoms. The van der Waals surface area contributed by atoms with E-state index in [2.05, 4.69) is 4.98 Å². The zero-order chi connectivity index (χ0) is 11.6. The molecule has 1 saturated heterocycles. The molecule has 16 heavy (non-hydrogen) atoms. The molecule has 1 aromatic rings. The van der Waals surface area contributed by atoms with Crippen LogP contribution in [0.25, 0.3) is 0 Å². The third-order valence-electron chi connectivity index (χ3n) is 2.91. The number of aromatic nitrogens is 1. The number of hydrogen-bond acceptors (Lipinski definition) is 5. The standard InChI is InChI=1S/C11H14N2O3/c1-15-10(14)11(6-16-7-11)9(12)8-4-2-3-5-13-8/h2-5,9H,6-7,12H2,1H3. The summed E-state index contributed by atoms with van der Waals surface area (Å²) in [5, 5.41) is 0. The van der Waals surface area contributed by atoms with Crippen molar-refractivity contribution in [3.8, 4) is 0 Å². The Bertz CT molecular complexity index is 376. The number of carbonyl (C=O) groups is 1. The Balaban J connectivity index is 2.26. The van der Waals surface area contributed by atoms with Crippen LogP contribution in [-0.2, 0) is 14.3 Å². The summed E-state index contributed by atoms with van der Waals surface area (Å²) in [6.45, 7) is 0.578. The largest absolute Gasteiger partial charge is 0.468 e. The van der Waals surface area contributed by atoms with Gasteiger partial charge in [0.15, 0.2) is 0 Å². The van der Waals surface area contributed by atoms with Crippen molar-refractivity contribution in [3.05, 3.63) is 30.1 Å². The summed E-state index contributed by atoms with van der Waals surface area (Å²) in [5.41, 5.74) is 5.97. The number of nitrogens with two attached hydrogens (primary N) is 1. The number of hydrogen-bond donors (Lipinski definition) is 1. The Morgan fingerprint density at radius 3 is 2.81 bits per heavy atom. The number of ether oxygens (including phenoxy) is 2. The van der Waals surface area contributed by atoms with Crippen LogP contribution in [-0.4, -0.2) is 31.3 Å². The van der Waals surface area contributed by atoms with Crippen LogP contribution < -0.4 is 5.73 Å². The number of methoxy groups -OCH3 is 1. The van der Waals surface area contributed by atoms with Gasteiger partial charge >= 0.3 is 5.97 Å². The third kappa shape index (κ3) is 1.58. The maximum absolute atomic E-state index is 11.7. The van der Waals surface area contributed by atoms with Crippen LogP contribution >= 0.6 is 0 Å². The van der Waals surface area contributed by atoms with E-state index in [4.69, 9.17) is 15.2 Å². The molecule has 0 saturated carbocycles. The zero-order valence-electron chi connectivity index (χ0n) is 9.05. The average Bonchev–Trinajstić information content (AvgIpc) is 2.28. The fraction of sp³-hybridized carbons (Fsp3) is 0.455. The summed E-state index contributed by atoms with van der Waals surface area (Å²) >= 11 is 0. The normalized spacial score (nSPS) is 19.6. The van der Waals surface area contributed by atoms with Crippen molar-refractivity contribution in [1.82, 2.24) is 4.98 Å². The molecule has 1 atom stereocenters. The van der Waals surface area contributed by atoms with Gasteiger partial charge in [-0.1, -0.05) is 6.07 Å². The molecule has 5 nitrogen and oxygen atoms in total. The molecule has 0 radical (unpaired) electrons. The lowest BCUT2D eigenvalue weighted by Crippen LogP contribution is -2.56. The third-order valence-corrected chi connectivity index (χ3v) is 2.91. The van der Waals surface area contributed by atoms with Crippen molar-refractivity contribution in [1.29, 1.82) is 0 Å². The van der Waals surface area contributed by atoms with Crippen molar-refractivity contribution in [2.24, 2.45) is 11.1 Å². The first kappa shape index (κ1) is 11.0. The van der Waals surface area contributed by atoms with Gasteiger partial charge < -0.3 is 15.2 Å². The van der Waals surface area contributed by atoms with Gasteiger partial charge in [-0.25, -0.2) is 0 Å². The monoisotopic (exact) mass is 222 g/mol. The number of nitrogens with zero attached hydrogens (tertiary/aromatic N) is 1. The Morgan fingerprint density at radius 1 is 1.62 bits per heavy atom. The predicted octanol–water partition coefficient (Wildman–Crippen LogP) is 0.271. The van der Waals surface area contributed by atoms with E-state index in [0.29, 0.717) is 5.69 Å². The Hall–Kier alpha value is -1.46. The minimum atomic E-state index is -0.775. The highest BCUT2D eigenvalue weighted by atomic mass is 16.5. The molecule has 1 aliphatic rings. The minimum Gasteiger partial charge on any atom is -0.468 e. The van der Waals surface area contributed by atoms with Gasteiger partial charge in [0, 0.05) is 6.20 Å². The van der Waals surface area contributed by atoms with Crippen LogP contribution in [0.2, 0.25) is 0 Å². The summed E-state index contributed by atoms with van der Waals surface area (Å²) < 4.78 is 9.87. The predicted molar refractivity (Wildman–Crippen MR) is 56.4 cm³/mol. The van der Waals surface area contributed by atoms with E-state index in [1.165, 1.54) is 7.11 Å². The van der Waals surface area contributed by atoms with E-state index in [1.807, 2.05) is 6.07 Å². The summed E-state index contributed by atoms with van der Waals surface area (Å²) in [4.78, 5) is 15.9. The highest BCUT2D eigenvalue weighted by molar-refractivity contribution is 5.79. The first-order valence-corrected chi connectivity index (χ1v) is 5.03. The van der Waals surface area contributed by atoms with Crippen LogP contribution in [0.1, 0.15) is 11.7 Å². The van der Waals surface area contributed by atoms with Gasteiger partial charge in [0.1, 0.15) is 5.41 Å². The van der Waals surface area contributed by atoms with Crippen molar-refractivity contribution < 1.29 is 14.3 Å². The second-order valence-electron chi connectivity index (χ2n) is 3.87. The molecular formula is C11H14N2O3. The van der Waals surface area contributed by atoms with Gasteiger partial charge in [0.05, 0.1) is 32.1 Å². The zero-order valence-corrected chi connectivity index (χ0v) is 9.05. The Labute approximate surface area is 93.6 Å². The van der Waals surface area contributed by atoms with Gasteiger partial charge in [0.25, 0.3) is 0 Å². The van der Waals surface area contributed by atoms with Gasteiger partial charge in [0.2, 0.25) is 0 Å². The molecule has 1 aliphatic heterocycles. The molecule has 0 aromatic carbocycles.